The number of pyridine rings is 1. The lowest BCUT2D eigenvalue weighted by molar-refractivity contribution is 0.268. The summed E-state index contributed by atoms with van der Waals surface area (Å²) in [4.78, 5) is 4.06. The number of anilines is 1. The van der Waals surface area contributed by atoms with Crippen LogP contribution in [0.1, 0.15) is 17.0 Å². The average molecular weight is 246 g/mol. The molecule has 0 unspecified atom stereocenters. The molecule has 0 spiro atoms. The number of rotatable bonds is 5. The molecule has 0 aromatic carbocycles. The fraction of sp³-hybridized carbons (Fsp3) is 0.385. The van der Waals surface area contributed by atoms with Crippen LogP contribution in [0.2, 0.25) is 0 Å². The molecule has 0 aliphatic rings. The first-order valence-corrected chi connectivity index (χ1v) is 6.00. The van der Waals surface area contributed by atoms with Crippen LogP contribution >= 0.6 is 0 Å². The second kappa shape index (κ2) is 5.64. The van der Waals surface area contributed by atoms with Gasteiger partial charge < -0.3 is 10.4 Å². The minimum atomic E-state index is 0.109. The fourth-order valence-electron chi connectivity index (χ4n) is 1.96. The van der Waals surface area contributed by atoms with Crippen LogP contribution in [0.5, 0.6) is 0 Å². The van der Waals surface area contributed by atoms with Gasteiger partial charge in [0.05, 0.1) is 24.5 Å². The third kappa shape index (κ3) is 2.68. The molecule has 2 heterocycles. The Morgan fingerprint density at radius 2 is 2.22 bits per heavy atom. The molecule has 2 N–H and O–H groups in total. The number of aryl methyl sites for hydroxylation is 1. The Kier molecular flexibility index (Phi) is 3.94. The van der Waals surface area contributed by atoms with E-state index in [1.54, 1.807) is 12.4 Å². The zero-order valence-electron chi connectivity index (χ0n) is 10.7. The van der Waals surface area contributed by atoms with Crippen LogP contribution in [0.15, 0.2) is 24.5 Å². The molecule has 0 radical (unpaired) electrons. The monoisotopic (exact) mass is 246 g/mol. The first kappa shape index (κ1) is 12.6. The van der Waals surface area contributed by atoms with Crippen molar-refractivity contribution in [2.75, 3.05) is 11.9 Å². The van der Waals surface area contributed by atoms with Gasteiger partial charge >= 0.3 is 0 Å². The largest absolute Gasteiger partial charge is 0.394 e. The molecule has 0 aliphatic carbocycles. The second-order valence-corrected chi connectivity index (χ2v) is 4.19. The van der Waals surface area contributed by atoms with Crippen molar-refractivity contribution in [1.82, 2.24) is 14.8 Å². The molecule has 0 amide bonds. The lowest BCUT2D eigenvalue weighted by Gasteiger charge is -2.06. The van der Waals surface area contributed by atoms with E-state index in [4.69, 9.17) is 5.11 Å². The maximum absolute atomic E-state index is 8.97. The zero-order valence-corrected chi connectivity index (χ0v) is 10.7. The highest BCUT2D eigenvalue weighted by Gasteiger charge is 2.10. The van der Waals surface area contributed by atoms with Gasteiger partial charge in [0.15, 0.2) is 0 Å². The Hall–Kier alpha value is -1.88. The van der Waals surface area contributed by atoms with Crippen molar-refractivity contribution in [2.24, 2.45) is 0 Å². The van der Waals surface area contributed by atoms with Crippen LogP contribution < -0.4 is 5.32 Å². The highest BCUT2D eigenvalue weighted by molar-refractivity contribution is 5.41. The number of aliphatic hydroxyl groups is 1. The third-order valence-electron chi connectivity index (χ3n) is 2.97. The molecule has 2 aromatic rings. The lowest BCUT2D eigenvalue weighted by atomic mass is 10.2. The zero-order chi connectivity index (χ0) is 13.0. The summed E-state index contributed by atoms with van der Waals surface area (Å²) in [6.07, 6.45) is 3.55. The van der Waals surface area contributed by atoms with Crippen molar-refractivity contribution in [2.45, 2.75) is 26.9 Å². The Morgan fingerprint density at radius 3 is 2.89 bits per heavy atom. The summed E-state index contributed by atoms with van der Waals surface area (Å²) in [5, 5.41) is 16.7. The van der Waals surface area contributed by atoms with Crippen LogP contribution in [0.25, 0.3) is 0 Å². The number of aromatic nitrogens is 3. The Bertz CT molecular complexity index is 507. The fourth-order valence-corrected chi connectivity index (χ4v) is 1.96. The summed E-state index contributed by atoms with van der Waals surface area (Å²) in [5.74, 6) is 0. The van der Waals surface area contributed by atoms with Crippen LogP contribution in [0.3, 0.4) is 0 Å². The van der Waals surface area contributed by atoms with Gasteiger partial charge in [-0.3, -0.25) is 9.67 Å². The molecule has 0 fully saturated rings. The molecule has 2 rings (SSSR count). The van der Waals surface area contributed by atoms with E-state index in [1.807, 2.05) is 30.7 Å². The molecular weight excluding hydrogens is 228 g/mol. The topological polar surface area (TPSA) is 63.0 Å². The Labute approximate surface area is 106 Å². The van der Waals surface area contributed by atoms with Gasteiger partial charge in [-0.05, 0) is 26.0 Å². The van der Waals surface area contributed by atoms with E-state index in [2.05, 4.69) is 15.4 Å². The second-order valence-electron chi connectivity index (χ2n) is 4.19. The molecule has 96 valence electrons. The van der Waals surface area contributed by atoms with Crippen molar-refractivity contribution >= 4 is 5.69 Å². The third-order valence-corrected chi connectivity index (χ3v) is 2.97. The maximum Gasteiger partial charge on any atom is 0.0646 e. The van der Waals surface area contributed by atoms with Gasteiger partial charge in [0.25, 0.3) is 0 Å². The number of aliphatic hydroxyl groups excluding tert-OH is 1. The summed E-state index contributed by atoms with van der Waals surface area (Å²) in [5.41, 5.74) is 4.26. The quantitative estimate of drug-likeness (QED) is 0.839. The Balaban J connectivity index is 2.10. The van der Waals surface area contributed by atoms with Crippen molar-refractivity contribution in [3.63, 3.8) is 0 Å². The summed E-state index contributed by atoms with van der Waals surface area (Å²) in [6.45, 7) is 5.38. The van der Waals surface area contributed by atoms with Gasteiger partial charge in [0.2, 0.25) is 0 Å². The number of nitrogens with zero attached hydrogens (tertiary/aromatic N) is 3. The molecule has 0 saturated carbocycles. The summed E-state index contributed by atoms with van der Waals surface area (Å²) in [7, 11) is 0. The van der Waals surface area contributed by atoms with Crippen molar-refractivity contribution in [1.29, 1.82) is 0 Å². The van der Waals surface area contributed by atoms with E-state index in [9.17, 15) is 0 Å². The van der Waals surface area contributed by atoms with Crippen LogP contribution in [-0.2, 0) is 13.1 Å². The van der Waals surface area contributed by atoms with Gasteiger partial charge in [-0.2, -0.15) is 5.10 Å². The molecule has 0 atom stereocenters. The van der Waals surface area contributed by atoms with Gasteiger partial charge in [0.1, 0.15) is 0 Å². The minimum absolute atomic E-state index is 0.109. The van der Waals surface area contributed by atoms with Crippen LogP contribution in [0.4, 0.5) is 5.69 Å². The molecule has 5 heteroatoms. The van der Waals surface area contributed by atoms with E-state index in [-0.39, 0.29) is 6.61 Å². The maximum atomic E-state index is 8.97. The molecule has 0 bridgehead atoms. The highest BCUT2D eigenvalue weighted by atomic mass is 16.3. The molecular formula is C13H18N4O. The Morgan fingerprint density at radius 1 is 1.39 bits per heavy atom. The van der Waals surface area contributed by atoms with E-state index in [0.717, 1.165) is 23.6 Å². The van der Waals surface area contributed by atoms with Gasteiger partial charge in [-0.25, -0.2) is 0 Å². The molecule has 5 nitrogen and oxygen atoms in total. The minimum Gasteiger partial charge on any atom is -0.394 e. The molecule has 0 saturated heterocycles. The number of nitrogens with one attached hydrogen (secondary N) is 1. The highest BCUT2D eigenvalue weighted by Crippen LogP contribution is 2.15. The van der Waals surface area contributed by atoms with Crippen LogP contribution in [0, 0.1) is 13.8 Å². The smallest absolute Gasteiger partial charge is 0.0646 e. The normalized spacial score (nSPS) is 10.6. The first-order chi connectivity index (χ1) is 8.72. The molecule has 18 heavy (non-hydrogen) atoms. The average Bonchev–Trinajstić information content (AvgIpc) is 2.64. The first-order valence-electron chi connectivity index (χ1n) is 6.00. The van der Waals surface area contributed by atoms with E-state index in [0.29, 0.717) is 6.54 Å². The predicted molar refractivity (Wildman–Crippen MR) is 70.4 cm³/mol. The SMILES string of the molecule is Cc1nn(CCO)c(C)c1CNc1cccnc1. The number of hydrogen-bond acceptors (Lipinski definition) is 4. The molecule has 2 aromatic heterocycles. The van der Waals surface area contributed by atoms with E-state index in [1.165, 1.54) is 5.56 Å². The van der Waals surface area contributed by atoms with Crippen molar-refractivity contribution in [3.8, 4) is 0 Å². The summed E-state index contributed by atoms with van der Waals surface area (Å²) < 4.78 is 1.84. The standard InChI is InChI=1S/C13H18N4O/c1-10-13(11(2)17(16-10)6-7-18)9-15-12-4-3-5-14-8-12/h3-5,8,15,18H,6-7,9H2,1-2H3. The number of hydrogen-bond donors (Lipinski definition) is 2. The van der Waals surface area contributed by atoms with Crippen molar-refractivity contribution in [3.05, 3.63) is 41.5 Å². The summed E-state index contributed by atoms with van der Waals surface area (Å²) >= 11 is 0. The van der Waals surface area contributed by atoms with Crippen molar-refractivity contribution < 1.29 is 5.11 Å². The van der Waals surface area contributed by atoms with E-state index < -0.39 is 0 Å². The van der Waals surface area contributed by atoms with Gasteiger partial charge in [-0.15, -0.1) is 0 Å². The van der Waals surface area contributed by atoms with Gasteiger partial charge in [0, 0.05) is 30.2 Å². The van der Waals surface area contributed by atoms with Gasteiger partial charge in [-0.1, -0.05) is 0 Å². The van der Waals surface area contributed by atoms with Crippen LogP contribution in [-0.4, -0.2) is 26.5 Å². The van der Waals surface area contributed by atoms with E-state index >= 15 is 0 Å². The predicted octanol–water partition coefficient (Wildman–Crippen LogP) is 1.50. The lowest BCUT2D eigenvalue weighted by Crippen LogP contribution is -2.07. The summed E-state index contributed by atoms with van der Waals surface area (Å²) in [6, 6.07) is 3.88. The molecule has 0 aliphatic heterocycles.